The van der Waals surface area contributed by atoms with Gasteiger partial charge in [-0.05, 0) is 36.4 Å². The Morgan fingerprint density at radius 3 is 2.37 bits per heavy atom. The second kappa shape index (κ2) is 10.4. The number of nitrogens with one attached hydrogen (secondary N) is 2. The van der Waals surface area contributed by atoms with Crippen molar-refractivity contribution in [1.29, 1.82) is 0 Å². The normalized spacial score (nSPS) is 10.4. The minimum absolute atomic E-state index is 0.0189. The summed E-state index contributed by atoms with van der Waals surface area (Å²) in [7, 11) is 0. The van der Waals surface area contributed by atoms with Crippen LogP contribution in [-0.2, 0) is 22.6 Å². The Kier molecular flexibility index (Phi) is 7.34. The molecule has 30 heavy (non-hydrogen) atoms. The summed E-state index contributed by atoms with van der Waals surface area (Å²) >= 11 is 1.22. The molecule has 0 aliphatic heterocycles. The molecule has 0 atom stereocenters. The number of aromatic nitrogens is 3. The molecule has 2 N–H and O–H groups in total. The lowest BCUT2D eigenvalue weighted by Crippen LogP contribution is -2.18. The Balaban J connectivity index is 1.61. The highest BCUT2D eigenvalue weighted by Crippen LogP contribution is 2.19. The van der Waals surface area contributed by atoms with Crippen LogP contribution in [0.3, 0.4) is 0 Å². The van der Waals surface area contributed by atoms with Crippen LogP contribution in [0.2, 0.25) is 0 Å². The zero-order valence-corrected chi connectivity index (χ0v) is 16.9. The summed E-state index contributed by atoms with van der Waals surface area (Å²) in [4.78, 5) is 24.5. The zero-order chi connectivity index (χ0) is 21.3. The van der Waals surface area contributed by atoms with Gasteiger partial charge in [-0.25, -0.2) is 4.39 Å². The number of rotatable bonds is 9. The molecule has 0 fully saturated rings. The molecule has 0 aliphatic rings. The van der Waals surface area contributed by atoms with Crippen LogP contribution in [0, 0.1) is 5.82 Å². The Morgan fingerprint density at radius 1 is 1.00 bits per heavy atom. The predicted octanol–water partition coefficient (Wildman–Crippen LogP) is 3.52. The second-order valence-electron chi connectivity index (χ2n) is 6.23. The van der Waals surface area contributed by atoms with Gasteiger partial charge in [-0.15, -0.1) is 16.8 Å². The van der Waals surface area contributed by atoms with Crippen molar-refractivity contribution in [3.63, 3.8) is 0 Å². The van der Waals surface area contributed by atoms with Gasteiger partial charge >= 0.3 is 0 Å². The molecule has 1 aromatic heterocycles. The molecule has 2 amide bonds. The third-order valence-electron chi connectivity index (χ3n) is 3.94. The molecule has 154 valence electrons. The summed E-state index contributed by atoms with van der Waals surface area (Å²) in [5.41, 5.74) is 1.21. The number of carbonyl (C=O) groups excluding carboxylic acids is 2. The number of thioether (sulfide) groups is 1. The fourth-order valence-corrected chi connectivity index (χ4v) is 3.37. The van der Waals surface area contributed by atoms with Crippen LogP contribution in [0.15, 0.2) is 72.4 Å². The van der Waals surface area contributed by atoms with Gasteiger partial charge in [0.1, 0.15) is 11.6 Å². The van der Waals surface area contributed by atoms with Crippen molar-refractivity contribution in [3.8, 4) is 0 Å². The zero-order valence-electron chi connectivity index (χ0n) is 16.0. The third-order valence-corrected chi connectivity index (χ3v) is 4.91. The van der Waals surface area contributed by atoms with Crippen LogP contribution in [-0.4, -0.2) is 32.3 Å². The summed E-state index contributed by atoms with van der Waals surface area (Å²) in [5.74, 6) is -0.267. The van der Waals surface area contributed by atoms with E-state index in [4.69, 9.17) is 0 Å². The van der Waals surface area contributed by atoms with E-state index >= 15 is 0 Å². The van der Waals surface area contributed by atoms with Gasteiger partial charge in [0.2, 0.25) is 11.8 Å². The number of carbonyl (C=O) groups is 2. The quantitative estimate of drug-likeness (QED) is 0.405. The molecule has 0 unspecified atom stereocenters. The first-order valence-electron chi connectivity index (χ1n) is 9.11. The van der Waals surface area contributed by atoms with E-state index in [0.717, 1.165) is 0 Å². The lowest BCUT2D eigenvalue weighted by atomic mass is 10.3. The Bertz CT molecular complexity index is 1020. The fraction of sp³-hybridized carbons (Fsp3) is 0.143. The number of halogens is 1. The van der Waals surface area contributed by atoms with Crippen LogP contribution < -0.4 is 10.6 Å². The molecule has 0 spiro atoms. The van der Waals surface area contributed by atoms with E-state index in [1.54, 1.807) is 22.8 Å². The number of nitrogens with zero attached hydrogens (tertiary/aromatic N) is 3. The minimum Gasteiger partial charge on any atom is -0.326 e. The number of allylic oxidation sites excluding steroid dienone is 1. The molecule has 0 bridgehead atoms. The second-order valence-corrected chi connectivity index (χ2v) is 7.18. The third kappa shape index (κ3) is 6.02. The molecule has 9 heteroatoms. The number of benzene rings is 2. The first kappa shape index (κ1) is 21.3. The Labute approximate surface area is 177 Å². The van der Waals surface area contributed by atoms with Gasteiger partial charge in [0.15, 0.2) is 5.16 Å². The van der Waals surface area contributed by atoms with Gasteiger partial charge in [0.05, 0.1) is 12.2 Å². The molecule has 1 heterocycles. The lowest BCUT2D eigenvalue weighted by Gasteiger charge is -2.09. The molecule has 2 aromatic carbocycles. The van der Waals surface area contributed by atoms with Crippen molar-refractivity contribution in [3.05, 3.63) is 78.9 Å². The van der Waals surface area contributed by atoms with E-state index < -0.39 is 0 Å². The van der Waals surface area contributed by atoms with Gasteiger partial charge in [0.25, 0.3) is 0 Å². The SMILES string of the molecule is C=CCn1c(CC(=O)Nc2ccc(F)cc2)nnc1SCC(=O)Nc1ccccc1. The molecule has 0 saturated heterocycles. The first-order chi connectivity index (χ1) is 14.5. The van der Waals surface area contributed by atoms with Gasteiger partial charge in [0, 0.05) is 17.9 Å². The van der Waals surface area contributed by atoms with E-state index in [1.807, 2.05) is 18.2 Å². The monoisotopic (exact) mass is 425 g/mol. The van der Waals surface area contributed by atoms with Crippen LogP contribution >= 0.6 is 11.8 Å². The van der Waals surface area contributed by atoms with Gasteiger partial charge in [-0.3, -0.25) is 9.59 Å². The van der Waals surface area contributed by atoms with Crippen molar-refractivity contribution >= 4 is 35.0 Å². The average Bonchev–Trinajstić information content (AvgIpc) is 3.10. The average molecular weight is 425 g/mol. The number of hydrogen-bond acceptors (Lipinski definition) is 5. The molecule has 0 saturated carbocycles. The fourth-order valence-electron chi connectivity index (χ4n) is 2.60. The summed E-state index contributed by atoms with van der Waals surface area (Å²) in [5, 5.41) is 14.2. The summed E-state index contributed by atoms with van der Waals surface area (Å²) in [6.45, 7) is 4.12. The summed E-state index contributed by atoms with van der Waals surface area (Å²) in [6.07, 6.45) is 1.65. The van der Waals surface area contributed by atoms with E-state index in [1.165, 1.54) is 36.0 Å². The topological polar surface area (TPSA) is 88.9 Å². The smallest absolute Gasteiger partial charge is 0.234 e. The maximum Gasteiger partial charge on any atom is 0.234 e. The number of amides is 2. The molecule has 3 rings (SSSR count). The molecular formula is C21H20FN5O2S. The summed E-state index contributed by atoms with van der Waals surface area (Å²) < 4.78 is 14.7. The number of anilines is 2. The van der Waals surface area contributed by atoms with Crippen molar-refractivity contribution in [1.82, 2.24) is 14.8 Å². The summed E-state index contributed by atoms with van der Waals surface area (Å²) in [6, 6.07) is 14.7. The minimum atomic E-state index is -0.378. The number of hydrogen-bond donors (Lipinski definition) is 2. The highest BCUT2D eigenvalue weighted by molar-refractivity contribution is 7.99. The molecule has 7 nitrogen and oxygen atoms in total. The van der Waals surface area contributed by atoms with Gasteiger partial charge in [-0.1, -0.05) is 36.0 Å². The molecule has 0 aliphatic carbocycles. The highest BCUT2D eigenvalue weighted by Gasteiger charge is 2.16. The van der Waals surface area contributed by atoms with Gasteiger partial charge in [-0.2, -0.15) is 0 Å². The van der Waals surface area contributed by atoms with E-state index in [-0.39, 0.29) is 29.8 Å². The van der Waals surface area contributed by atoms with Gasteiger partial charge < -0.3 is 15.2 Å². The maximum atomic E-state index is 13.0. The van der Waals surface area contributed by atoms with E-state index in [2.05, 4.69) is 27.4 Å². The molecule has 3 aromatic rings. The number of para-hydroxylation sites is 1. The molecule has 0 radical (unpaired) electrons. The van der Waals surface area contributed by atoms with Crippen LogP contribution in [0.1, 0.15) is 5.82 Å². The van der Waals surface area contributed by atoms with E-state index in [9.17, 15) is 14.0 Å². The highest BCUT2D eigenvalue weighted by atomic mass is 32.2. The Morgan fingerprint density at radius 2 is 1.67 bits per heavy atom. The van der Waals surface area contributed by atoms with Crippen molar-refractivity contribution in [2.75, 3.05) is 16.4 Å². The van der Waals surface area contributed by atoms with Crippen LogP contribution in [0.5, 0.6) is 0 Å². The molecular weight excluding hydrogens is 405 g/mol. The Hall–Kier alpha value is -3.46. The van der Waals surface area contributed by atoms with Crippen molar-refractivity contribution < 1.29 is 14.0 Å². The van der Waals surface area contributed by atoms with Crippen LogP contribution in [0.25, 0.3) is 0 Å². The van der Waals surface area contributed by atoms with Crippen molar-refractivity contribution in [2.45, 2.75) is 18.1 Å². The lowest BCUT2D eigenvalue weighted by molar-refractivity contribution is -0.116. The standard InChI is InChI=1S/C21H20FN5O2S/c1-2-12-27-18(13-19(28)23-17-10-8-15(22)9-11-17)25-26-21(27)30-14-20(29)24-16-6-4-3-5-7-16/h2-11H,1,12-14H2,(H,23,28)(H,24,29). The van der Waals surface area contributed by atoms with Crippen LogP contribution in [0.4, 0.5) is 15.8 Å². The van der Waals surface area contributed by atoms with E-state index in [0.29, 0.717) is 28.9 Å². The first-order valence-corrected chi connectivity index (χ1v) is 10.1. The maximum absolute atomic E-state index is 13.0. The van der Waals surface area contributed by atoms with Crippen molar-refractivity contribution in [2.24, 2.45) is 0 Å². The predicted molar refractivity (Wildman–Crippen MR) is 115 cm³/mol. The largest absolute Gasteiger partial charge is 0.326 e.